The topological polar surface area (TPSA) is 69.9 Å². The molecule has 5 heteroatoms. The second-order valence-electron chi connectivity index (χ2n) is 4.60. The summed E-state index contributed by atoms with van der Waals surface area (Å²) in [5.41, 5.74) is 0.272. The average Bonchev–Trinajstić information content (AvgIpc) is 2.40. The standard InChI is InChI=1S/C12H14N4O/c1-12(9-13)3-6-16(7-4-12)11(17)10-2-5-14-15-8-10/h2,5,8H,3-4,6-7H2,1H3. The Kier molecular flexibility index (Phi) is 3.05. The van der Waals surface area contributed by atoms with Crippen molar-refractivity contribution in [1.82, 2.24) is 15.1 Å². The number of rotatable bonds is 1. The molecule has 0 aliphatic carbocycles. The molecule has 1 fully saturated rings. The Labute approximate surface area is 100 Å². The summed E-state index contributed by atoms with van der Waals surface area (Å²) in [6.07, 6.45) is 4.44. The highest BCUT2D eigenvalue weighted by Gasteiger charge is 2.32. The Morgan fingerprint density at radius 1 is 1.47 bits per heavy atom. The molecule has 0 N–H and O–H groups in total. The third kappa shape index (κ3) is 2.41. The van der Waals surface area contributed by atoms with E-state index in [0.717, 1.165) is 12.8 Å². The van der Waals surface area contributed by atoms with Gasteiger partial charge in [0.15, 0.2) is 0 Å². The van der Waals surface area contributed by atoms with Crippen molar-refractivity contribution in [2.45, 2.75) is 19.8 Å². The maximum atomic E-state index is 12.1. The molecule has 0 spiro atoms. The van der Waals surface area contributed by atoms with Crippen molar-refractivity contribution >= 4 is 5.91 Å². The molecule has 0 radical (unpaired) electrons. The summed E-state index contributed by atoms with van der Waals surface area (Å²) in [6.45, 7) is 3.21. The second-order valence-corrected chi connectivity index (χ2v) is 4.60. The Bertz CT molecular complexity index is 443. The van der Waals surface area contributed by atoms with Crippen LogP contribution in [0.25, 0.3) is 0 Å². The molecule has 0 saturated carbocycles. The zero-order valence-corrected chi connectivity index (χ0v) is 9.76. The van der Waals surface area contributed by atoms with Crippen molar-refractivity contribution in [2.24, 2.45) is 5.41 Å². The van der Waals surface area contributed by atoms with Gasteiger partial charge in [-0.05, 0) is 25.8 Å². The van der Waals surface area contributed by atoms with Gasteiger partial charge in [-0.2, -0.15) is 15.5 Å². The molecule has 2 heterocycles. The fourth-order valence-electron chi connectivity index (χ4n) is 1.91. The van der Waals surface area contributed by atoms with Gasteiger partial charge >= 0.3 is 0 Å². The zero-order valence-electron chi connectivity index (χ0n) is 9.76. The van der Waals surface area contributed by atoms with Crippen molar-refractivity contribution in [1.29, 1.82) is 5.26 Å². The number of carbonyl (C=O) groups is 1. The molecule has 1 aromatic rings. The van der Waals surface area contributed by atoms with Crippen molar-refractivity contribution in [3.05, 3.63) is 24.0 Å². The molecule has 0 bridgehead atoms. The van der Waals surface area contributed by atoms with Gasteiger partial charge in [-0.25, -0.2) is 0 Å². The number of piperidine rings is 1. The SMILES string of the molecule is CC1(C#N)CCN(C(=O)c2ccnnc2)CC1. The highest BCUT2D eigenvalue weighted by atomic mass is 16.2. The van der Waals surface area contributed by atoms with Gasteiger partial charge in [0.2, 0.25) is 0 Å². The van der Waals surface area contributed by atoms with E-state index in [2.05, 4.69) is 16.3 Å². The third-order valence-corrected chi connectivity index (χ3v) is 3.26. The lowest BCUT2D eigenvalue weighted by Crippen LogP contribution is -2.41. The summed E-state index contributed by atoms with van der Waals surface area (Å²) in [5, 5.41) is 16.4. The third-order valence-electron chi connectivity index (χ3n) is 3.26. The number of aromatic nitrogens is 2. The maximum Gasteiger partial charge on any atom is 0.255 e. The second kappa shape index (κ2) is 4.50. The van der Waals surface area contributed by atoms with Gasteiger partial charge in [-0.15, -0.1) is 0 Å². The Morgan fingerprint density at radius 3 is 2.71 bits per heavy atom. The Morgan fingerprint density at radius 2 is 2.18 bits per heavy atom. The van der Waals surface area contributed by atoms with E-state index in [1.54, 1.807) is 11.0 Å². The van der Waals surface area contributed by atoms with E-state index in [1.165, 1.54) is 12.4 Å². The van der Waals surface area contributed by atoms with Crippen LogP contribution >= 0.6 is 0 Å². The first-order valence-electron chi connectivity index (χ1n) is 5.62. The van der Waals surface area contributed by atoms with Crippen LogP contribution in [-0.2, 0) is 0 Å². The van der Waals surface area contributed by atoms with Gasteiger partial charge in [-0.1, -0.05) is 0 Å². The Hall–Kier alpha value is -1.96. The zero-order chi connectivity index (χ0) is 12.3. The fourth-order valence-corrected chi connectivity index (χ4v) is 1.91. The lowest BCUT2D eigenvalue weighted by Gasteiger charge is -2.34. The summed E-state index contributed by atoms with van der Waals surface area (Å²) >= 11 is 0. The first kappa shape index (κ1) is 11.5. The van der Waals surface area contributed by atoms with Gasteiger partial charge < -0.3 is 4.90 Å². The van der Waals surface area contributed by atoms with Crippen LogP contribution in [0.5, 0.6) is 0 Å². The number of hydrogen-bond donors (Lipinski definition) is 0. The van der Waals surface area contributed by atoms with Gasteiger partial charge in [0.1, 0.15) is 0 Å². The van der Waals surface area contributed by atoms with Crippen molar-refractivity contribution in [3.63, 3.8) is 0 Å². The van der Waals surface area contributed by atoms with E-state index >= 15 is 0 Å². The van der Waals surface area contributed by atoms with Crippen LogP contribution in [0, 0.1) is 16.7 Å². The minimum absolute atomic E-state index is 0.0279. The molecule has 1 aliphatic heterocycles. The number of amides is 1. The molecule has 1 aromatic heterocycles. The number of nitriles is 1. The number of hydrogen-bond acceptors (Lipinski definition) is 4. The fraction of sp³-hybridized carbons (Fsp3) is 0.500. The molecule has 17 heavy (non-hydrogen) atoms. The van der Waals surface area contributed by atoms with E-state index in [-0.39, 0.29) is 11.3 Å². The molecular weight excluding hydrogens is 216 g/mol. The van der Waals surface area contributed by atoms with E-state index in [1.807, 2.05) is 6.92 Å². The lowest BCUT2D eigenvalue weighted by atomic mass is 9.82. The molecule has 1 amide bonds. The molecule has 0 aromatic carbocycles. The van der Waals surface area contributed by atoms with Crippen LogP contribution in [0.3, 0.4) is 0 Å². The Balaban J connectivity index is 2.03. The number of likely N-dealkylation sites (tertiary alicyclic amines) is 1. The summed E-state index contributed by atoms with van der Waals surface area (Å²) in [4.78, 5) is 13.8. The van der Waals surface area contributed by atoms with Crippen molar-refractivity contribution < 1.29 is 4.79 Å². The quantitative estimate of drug-likeness (QED) is 0.727. The molecule has 1 aliphatic rings. The minimum atomic E-state index is -0.284. The maximum absolute atomic E-state index is 12.1. The van der Waals surface area contributed by atoms with Crippen LogP contribution in [0.4, 0.5) is 0 Å². The minimum Gasteiger partial charge on any atom is -0.338 e. The summed E-state index contributed by atoms with van der Waals surface area (Å²) in [7, 11) is 0. The van der Waals surface area contributed by atoms with E-state index < -0.39 is 0 Å². The highest BCUT2D eigenvalue weighted by molar-refractivity contribution is 5.93. The molecule has 0 atom stereocenters. The molecule has 5 nitrogen and oxygen atoms in total. The van der Waals surface area contributed by atoms with Gasteiger partial charge in [0.05, 0.1) is 29.4 Å². The van der Waals surface area contributed by atoms with Gasteiger partial charge in [-0.3, -0.25) is 4.79 Å². The van der Waals surface area contributed by atoms with Crippen LogP contribution in [0.1, 0.15) is 30.1 Å². The van der Waals surface area contributed by atoms with Gasteiger partial charge in [0, 0.05) is 13.1 Å². The van der Waals surface area contributed by atoms with Crippen LogP contribution in [-0.4, -0.2) is 34.1 Å². The first-order valence-corrected chi connectivity index (χ1v) is 5.62. The van der Waals surface area contributed by atoms with Crippen LogP contribution in [0.2, 0.25) is 0 Å². The number of carbonyl (C=O) groups excluding carboxylic acids is 1. The van der Waals surface area contributed by atoms with Crippen LogP contribution in [0.15, 0.2) is 18.5 Å². The largest absolute Gasteiger partial charge is 0.338 e. The summed E-state index contributed by atoms with van der Waals surface area (Å²) < 4.78 is 0. The molecule has 88 valence electrons. The highest BCUT2D eigenvalue weighted by Crippen LogP contribution is 2.30. The molecule has 0 unspecified atom stereocenters. The molecule has 2 rings (SSSR count). The van der Waals surface area contributed by atoms with Gasteiger partial charge in [0.25, 0.3) is 5.91 Å². The van der Waals surface area contributed by atoms with Crippen molar-refractivity contribution in [2.75, 3.05) is 13.1 Å². The predicted molar refractivity (Wildman–Crippen MR) is 60.9 cm³/mol. The monoisotopic (exact) mass is 230 g/mol. The smallest absolute Gasteiger partial charge is 0.255 e. The summed E-state index contributed by atoms with van der Waals surface area (Å²) in [5.74, 6) is -0.0279. The predicted octanol–water partition coefficient (Wildman–Crippen LogP) is 1.24. The molecule has 1 saturated heterocycles. The van der Waals surface area contributed by atoms with E-state index in [4.69, 9.17) is 5.26 Å². The number of nitrogens with zero attached hydrogens (tertiary/aromatic N) is 4. The molecular formula is C12H14N4O. The first-order chi connectivity index (χ1) is 8.14. The van der Waals surface area contributed by atoms with Crippen molar-refractivity contribution in [3.8, 4) is 6.07 Å². The summed E-state index contributed by atoms with van der Waals surface area (Å²) in [6, 6.07) is 3.98. The van der Waals surface area contributed by atoms with Crippen LogP contribution < -0.4 is 0 Å². The van der Waals surface area contributed by atoms with E-state index in [9.17, 15) is 4.79 Å². The normalized spacial score (nSPS) is 18.5. The van der Waals surface area contributed by atoms with E-state index in [0.29, 0.717) is 18.7 Å². The average molecular weight is 230 g/mol. The lowest BCUT2D eigenvalue weighted by molar-refractivity contribution is 0.0661.